The Morgan fingerprint density at radius 1 is 1.09 bits per heavy atom. The zero-order chi connectivity index (χ0) is 24.9. The van der Waals surface area contributed by atoms with Crippen LogP contribution in [0.3, 0.4) is 0 Å². The summed E-state index contributed by atoms with van der Waals surface area (Å²) in [5.41, 5.74) is 12.5. The molecule has 0 aliphatic carbocycles. The molecule has 4 aromatic rings. The fraction of sp³-hybridized carbons (Fsp3) is 0.143. The summed E-state index contributed by atoms with van der Waals surface area (Å²) in [6.07, 6.45) is 1.73. The second kappa shape index (κ2) is 10.6. The summed E-state index contributed by atoms with van der Waals surface area (Å²) in [6, 6.07) is 22.4. The van der Waals surface area contributed by atoms with E-state index in [0.717, 1.165) is 27.9 Å². The summed E-state index contributed by atoms with van der Waals surface area (Å²) in [7, 11) is 1.60. The molecule has 5 N–H and O–H groups in total. The maximum atomic E-state index is 10.0. The molecule has 1 atom stereocenters. The summed E-state index contributed by atoms with van der Waals surface area (Å²) in [5, 5.41) is 22.1. The number of methoxy groups -OCH3 is 1. The van der Waals surface area contributed by atoms with Gasteiger partial charge in [-0.15, -0.1) is 0 Å². The van der Waals surface area contributed by atoms with Gasteiger partial charge >= 0.3 is 0 Å². The molecule has 0 spiro atoms. The fourth-order valence-electron chi connectivity index (χ4n) is 4.01. The van der Waals surface area contributed by atoms with Crippen molar-refractivity contribution in [2.75, 3.05) is 24.8 Å². The number of halogens is 1. The number of aliphatic hydroxyl groups excluding tert-OH is 1. The monoisotopic (exact) mass is 486 g/mol. The van der Waals surface area contributed by atoms with E-state index in [1.165, 1.54) is 0 Å². The number of nitrogen functional groups attached to an aromatic ring is 1. The number of nitrogens with zero attached hydrogens (tertiary/aromatic N) is 1. The highest BCUT2D eigenvalue weighted by molar-refractivity contribution is 6.31. The van der Waals surface area contributed by atoms with E-state index in [1.807, 2.05) is 60.7 Å². The first kappa shape index (κ1) is 24.3. The standard InChI is InChI=1S/C28H27ClN4O2/c1-17(30)22-12-19(8-10-25(22)31)23-14-21(33-26(16-34)18-6-4-3-5-7-18)15-32-28(23)24-13-20(29)9-11-27(24)35-2/h3-15,26,30,33-34H,16,31H2,1-2H3. The van der Waals surface area contributed by atoms with Crippen molar-refractivity contribution in [3.05, 3.63) is 95.1 Å². The first-order chi connectivity index (χ1) is 16.9. The number of nitrogens with one attached hydrogen (secondary N) is 2. The molecule has 3 aromatic carbocycles. The van der Waals surface area contributed by atoms with Crippen molar-refractivity contribution in [2.45, 2.75) is 13.0 Å². The van der Waals surface area contributed by atoms with Crippen molar-refractivity contribution >= 4 is 28.7 Å². The molecule has 7 heteroatoms. The van der Waals surface area contributed by atoms with Crippen molar-refractivity contribution < 1.29 is 9.84 Å². The highest BCUT2D eigenvalue weighted by Gasteiger charge is 2.18. The second-order valence-corrected chi connectivity index (χ2v) is 8.62. The van der Waals surface area contributed by atoms with E-state index in [9.17, 15) is 5.11 Å². The number of nitrogens with two attached hydrogens (primary N) is 1. The number of aromatic nitrogens is 1. The molecule has 178 valence electrons. The molecule has 0 saturated heterocycles. The molecule has 0 aliphatic heterocycles. The lowest BCUT2D eigenvalue weighted by Crippen LogP contribution is -2.15. The van der Waals surface area contributed by atoms with Gasteiger partial charge in [-0.25, -0.2) is 0 Å². The van der Waals surface area contributed by atoms with Crippen LogP contribution in [-0.2, 0) is 0 Å². The number of hydrogen-bond donors (Lipinski definition) is 4. The van der Waals surface area contributed by atoms with Crippen LogP contribution in [0.2, 0.25) is 5.02 Å². The summed E-state index contributed by atoms with van der Waals surface area (Å²) in [4.78, 5) is 4.79. The number of ether oxygens (including phenoxy) is 1. The van der Waals surface area contributed by atoms with Gasteiger partial charge in [0.1, 0.15) is 5.75 Å². The molecule has 1 heterocycles. The van der Waals surface area contributed by atoms with Gasteiger partial charge in [0.2, 0.25) is 0 Å². The van der Waals surface area contributed by atoms with Gasteiger partial charge in [-0.3, -0.25) is 4.98 Å². The number of rotatable bonds is 8. The van der Waals surface area contributed by atoms with Crippen LogP contribution in [0.1, 0.15) is 24.1 Å². The van der Waals surface area contributed by atoms with E-state index in [0.29, 0.717) is 33.4 Å². The fourth-order valence-corrected chi connectivity index (χ4v) is 4.19. The minimum absolute atomic E-state index is 0.0811. The van der Waals surface area contributed by atoms with Gasteiger partial charge in [-0.05, 0) is 54.4 Å². The average Bonchev–Trinajstić information content (AvgIpc) is 2.87. The Labute approximate surface area is 209 Å². The molecule has 6 nitrogen and oxygen atoms in total. The molecule has 0 radical (unpaired) electrons. The first-order valence-electron chi connectivity index (χ1n) is 11.1. The van der Waals surface area contributed by atoms with Crippen molar-refractivity contribution in [2.24, 2.45) is 0 Å². The molecule has 1 aromatic heterocycles. The number of pyridine rings is 1. The molecular formula is C28H27ClN4O2. The Bertz CT molecular complexity index is 1360. The Kier molecular flexibility index (Phi) is 7.34. The van der Waals surface area contributed by atoms with E-state index in [2.05, 4.69) is 5.32 Å². The second-order valence-electron chi connectivity index (χ2n) is 8.18. The van der Waals surface area contributed by atoms with E-state index in [-0.39, 0.29) is 12.6 Å². The zero-order valence-corrected chi connectivity index (χ0v) is 20.3. The Morgan fingerprint density at radius 2 is 1.86 bits per heavy atom. The summed E-state index contributed by atoms with van der Waals surface area (Å²) in [5.74, 6) is 0.639. The van der Waals surface area contributed by atoms with Crippen LogP contribution < -0.4 is 15.8 Å². The molecule has 4 rings (SSSR count). The van der Waals surface area contributed by atoms with Crippen LogP contribution in [-0.4, -0.2) is 29.5 Å². The topological polar surface area (TPSA) is 104 Å². The van der Waals surface area contributed by atoms with Gasteiger partial charge in [0.05, 0.1) is 37.3 Å². The summed E-state index contributed by atoms with van der Waals surface area (Å²) >= 11 is 6.33. The maximum absolute atomic E-state index is 10.0. The van der Waals surface area contributed by atoms with E-state index < -0.39 is 0 Å². The average molecular weight is 487 g/mol. The normalized spacial score (nSPS) is 11.7. The lowest BCUT2D eigenvalue weighted by atomic mass is 9.95. The van der Waals surface area contributed by atoms with Crippen molar-refractivity contribution in [3.8, 4) is 28.1 Å². The van der Waals surface area contributed by atoms with Crippen LogP contribution in [0, 0.1) is 5.41 Å². The molecule has 0 fully saturated rings. The van der Waals surface area contributed by atoms with Crippen LogP contribution in [0.5, 0.6) is 5.75 Å². The van der Waals surface area contributed by atoms with Crippen molar-refractivity contribution in [1.29, 1.82) is 5.41 Å². The van der Waals surface area contributed by atoms with Gasteiger partial charge in [-0.1, -0.05) is 48.0 Å². The zero-order valence-electron chi connectivity index (χ0n) is 19.5. The first-order valence-corrected chi connectivity index (χ1v) is 11.5. The highest BCUT2D eigenvalue weighted by Crippen LogP contribution is 2.39. The van der Waals surface area contributed by atoms with E-state index in [4.69, 9.17) is 32.5 Å². The predicted molar refractivity (Wildman–Crippen MR) is 143 cm³/mol. The molecule has 0 bridgehead atoms. The van der Waals surface area contributed by atoms with Crippen LogP contribution in [0.15, 0.2) is 79.0 Å². The minimum atomic E-state index is -0.303. The quantitative estimate of drug-likeness (QED) is 0.175. The van der Waals surface area contributed by atoms with Gasteiger partial charge in [0.25, 0.3) is 0 Å². The number of hydrogen-bond acceptors (Lipinski definition) is 6. The van der Waals surface area contributed by atoms with Crippen LogP contribution in [0.25, 0.3) is 22.4 Å². The number of benzene rings is 3. The number of anilines is 2. The van der Waals surface area contributed by atoms with Crippen molar-refractivity contribution in [1.82, 2.24) is 4.98 Å². The SMILES string of the molecule is COc1ccc(Cl)cc1-c1ncc(NC(CO)c2ccccc2)cc1-c1ccc(N)c(C(C)=N)c1. The van der Waals surface area contributed by atoms with Gasteiger partial charge in [0.15, 0.2) is 0 Å². The largest absolute Gasteiger partial charge is 0.496 e. The summed E-state index contributed by atoms with van der Waals surface area (Å²) < 4.78 is 5.60. The Balaban J connectivity index is 1.88. The third-order valence-corrected chi connectivity index (χ3v) is 6.03. The predicted octanol–water partition coefficient (Wildman–Crippen LogP) is 6.19. The maximum Gasteiger partial charge on any atom is 0.128 e. The smallest absolute Gasteiger partial charge is 0.128 e. The molecule has 1 unspecified atom stereocenters. The Hall–Kier alpha value is -3.87. The minimum Gasteiger partial charge on any atom is -0.496 e. The summed E-state index contributed by atoms with van der Waals surface area (Å²) in [6.45, 7) is 1.63. The highest BCUT2D eigenvalue weighted by atomic mass is 35.5. The Morgan fingerprint density at radius 3 is 2.54 bits per heavy atom. The molecular weight excluding hydrogens is 460 g/mol. The lowest BCUT2D eigenvalue weighted by Gasteiger charge is -2.20. The third-order valence-electron chi connectivity index (χ3n) is 5.80. The lowest BCUT2D eigenvalue weighted by molar-refractivity contribution is 0.276. The molecule has 0 amide bonds. The van der Waals surface area contributed by atoms with E-state index >= 15 is 0 Å². The third kappa shape index (κ3) is 5.29. The van der Waals surface area contributed by atoms with Gasteiger partial charge < -0.3 is 26.3 Å². The molecule has 0 aliphatic rings. The van der Waals surface area contributed by atoms with Gasteiger partial charge in [-0.2, -0.15) is 0 Å². The molecule has 0 saturated carbocycles. The molecule has 35 heavy (non-hydrogen) atoms. The van der Waals surface area contributed by atoms with Crippen LogP contribution >= 0.6 is 11.6 Å². The van der Waals surface area contributed by atoms with Crippen LogP contribution in [0.4, 0.5) is 11.4 Å². The number of aliphatic hydroxyl groups is 1. The van der Waals surface area contributed by atoms with Crippen molar-refractivity contribution in [3.63, 3.8) is 0 Å². The van der Waals surface area contributed by atoms with Gasteiger partial charge in [0, 0.05) is 33.1 Å². The van der Waals surface area contributed by atoms with E-state index in [1.54, 1.807) is 32.4 Å².